The van der Waals surface area contributed by atoms with E-state index in [1.165, 1.54) is 43.6 Å². The van der Waals surface area contributed by atoms with Gasteiger partial charge in [-0.2, -0.15) is 11.8 Å². The van der Waals surface area contributed by atoms with Crippen molar-refractivity contribution in [1.29, 1.82) is 0 Å². The van der Waals surface area contributed by atoms with Gasteiger partial charge in [-0.3, -0.25) is 0 Å². The summed E-state index contributed by atoms with van der Waals surface area (Å²) in [4.78, 5) is 0. The van der Waals surface area contributed by atoms with E-state index in [2.05, 4.69) is 30.9 Å². The zero-order chi connectivity index (χ0) is 12.8. The van der Waals surface area contributed by atoms with Crippen molar-refractivity contribution in [2.75, 3.05) is 24.7 Å². The number of nitrogens with one attached hydrogen (secondary N) is 1. The van der Waals surface area contributed by atoms with Crippen molar-refractivity contribution in [1.82, 2.24) is 5.32 Å². The summed E-state index contributed by atoms with van der Waals surface area (Å²) in [5, 5.41) is 3.75. The largest absolute Gasteiger partial charge is 0.375 e. The molecule has 1 saturated carbocycles. The lowest BCUT2D eigenvalue weighted by molar-refractivity contribution is 0.0106. The summed E-state index contributed by atoms with van der Waals surface area (Å²) in [5.41, 5.74) is 0. The maximum absolute atomic E-state index is 6.06. The van der Waals surface area contributed by atoms with E-state index in [0.29, 0.717) is 12.1 Å². The van der Waals surface area contributed by atoms with E-state index in [1.807, 2.05) is 0 Å². The van der Waals surface area contributed by atoms with Gasteiger partial charge in [0.2, 0.25) is 0 Å². The Morgan fingerprint density at radius 3 is 2.78 bits per heavy atom. The second-order valence-corrected chi connectivity index (χ2v) is 6.83. The minimum atomic E-state index is 0.445. The molecule has 2 nitrogen and oxygen atoms in total. The van der Waals surface area contributed by atoms with Crippen LogP contribution in [0.3, 0.4) is 0 Å². The fourth-order valence-corrected chi connectivity index (χ4v) is 4.64. The summed E-state index contributed by atoms with van der Waals surface area (Å²) in [6.45, 7) is 6.61. The number of hydrogen-bond donors (Lipinski definition) is 1. The number of ether oxygens (including phenoxy) is 1. The van der Waals surface area contributed by atoms with Crippen molar-refractivity contribution < 1.29 is 4.74 Å². The fraction of sp³-hybridized carbons (Fsp3) is 1.00. The number of rotatable bonds is 5. The summed E-state index contributed by atoms with van der Waals surface area (Å²) in [7, 11) is 0. The van der Waals surface area contributed by atoms with E-state index in [9.17, 15) is 0 Å². The molecule has 0 radical (unpaired) electrons. The number of likely N-dealkylation sites (N-methyl/N-ethyl adjacent to an activating group) is 1. The van der Waals surface area contributed by atoms with Gasteiger partial charge in [-0.15, -0.1) is 0 Å². The van der Waals surface area contributed by atoms with Crippen LogP contribution >= 0.6 is 11.8 Å². The molecule has 4 unspecified atom stereocenters. The molecule has 18 heavy (non-hydrogen) atoms. The lowest BCUT2D eigenvalue weighted by atomic mass is 9.72. The minimum Gasteiger partial charge on any atom is -0.375 e. The van der Waals surface area contributed by atoms with Crippen LogP contribution < -0.4 is 5.32 Å². The highest BCUT2D eigenvalue weighted by Crippen LogP contribution is 2.36. The third-order valence-electron chi connectivity index (χ3n) is 4.64. The highest BCUT2D eigenvalue weighted by Gasteiger charge is 2.36. The number of thioether (sulfide) groups is 1. The van der Waals surface area contributed by atoms with E-state index in [0.717, 1.165) is 25.0 Å². The standard InChI is InChI=1S/C15H29NOS/c1-3-12-7-5-6-8-13(12)15(16-4-2)14-11-18-10-9-17-14/h12-16H,3-11H2,1-2H3. The van der Waals surface area contributed by atoms with Crippen LogP contribution in [-0.2, 0) is 4.74 Å². The van der Waals surface area contributed by atoms with E-state index >= 15 is 0 Å². The zero-order valence-electron chi connectivity index (χ0n) is 12.0. The second kappa shape index (κ2) is 7.76. The van der Waals surface area contributed by atoms with Gasteiger partial charge in [0.05, 0.1) is 12.7 Å². The molecule has 0 spiro atoms. The number of hydrogen-bond acceptors (Lipinski definition) is 3. The maximum Gasteiger partial charge on any atom is 0.0821 e. The molecule has 0 aromatic rings. The SMILES string of the molecule is CCNC(C1CSCCO1)C1CCCCC1CC. The van der Waals surface area contributed by atoms with E-state index in [-0.39, 0.29) is 0 Å². The monoisotopic (exact) mass is 271 g/mol. The molecule has 1 heterocycles. The van der Waals surface area contributed by atoms with Crippen molar-refractivity contribution in [2.45, 2.75) is 58.1 Å². The first-order valence-electron chi connectivity index (χ1n) is 7.79. The fourth-order valence-electron chi connectivity index (χ4n) is 3.72. The van der Waals surface area contributed by atoms with Gasteiger partial charge in [-0.05, 0) is 24.8 Å². The third kappa shape index (κ3) is 3.64. The zero-order valence-corrected chi connectivity index (χ0v) is 12.8. The molecular weight excluding hydrogens is 242 g/mol. The molecule has 3 heteroatoms. The Kier molecular flexibility index (Phi) is 6.33. The van der Waals surface area contributed by atoms with Gasteiger partial charge in [0.15, 0.2) is 0 Å². The van der Waals surface area contributed by atoms with Crippen molar-refractivity contribution in [3.63, 3.8) is 0 Å². The lowest BCUT2D eigenvalue weighted by Crippen LogP contribution is -2.51. The van der Waals surface area contributed by atoms with Crippen molar-refractivity contribution >= 4 is 11.8 Å². The average Bonchev–Trinajstić information content (AvgIpc) is 2.46. The predicted molar refractivity (Wildman–Crippen MR) is 80.3 cm³/mol. The van der Waals surface area contributed by atoms with Gasteiger partial charge >= 0.3 is 0 Å². The first-order chi connectivity index (χ1) is 8.86. The van der Waals surface area contributed by atoms with Crippen LogP contribution in [-0.4, -0.2) is 36.8 Å². The molecule has 1 aliphatic carbocycles. The Morgan fingerprint density at radius 2 is 2.11 bits per heavy atom. The predicted octanol–water partition coefficient (Wildman–Crippen LogP) is 3.31. The van der Waals surface area contributed by atoms with Crippen LogP contribution in [0.2, 0.25) is 0 Å². The molecule has 1 saturated heterocycles. The molecule has 0 bridgehead atoms. The Hall–Kier alpha value is 0.270. The van der Waals surface area contributed by atoms with Crippen LogP contribution in [0.5, 0.6) is 0 Å². The summed E-state index contributed by atoms with van der Waals surface area (Å²) in [6, 6.07) is 0.591. The van der Waals surface area contributed by atoms with Crippen molar-refractivity contribution in [3.8, 4) is 0 Å². The first kappa shape index (κ1) is 14.7. The van der Waals surface area contributed by atoms with Gasteiger partial charge in [0.1, 0.15) is 0 Å². The first-order valence-corrected chi connectivity index (χ1v) is 8.95. The Labute approximate surface area is 117 Å². The second-order valence-electron chi connectivity index (χ2n) is 5.68. The van der Waals surface area contributed by atoms with Crippen molar-refractivity contribution in [3.05, 3.63) is 0 Å². The molecule has 2 rings (SSSR count). The average molecular weight is 271 g/mol. The van der Waals surface area contributed by atoms with Crippen LogP contribution in [0.25, 0.3) is 0 Å². The molecule has 0 aromatic heterocycles. The van der Waals surface area contributed by atoms with Gasteiger partial charge in [-0.25, -0.2) is 0 Å². The van der Waals surface area contributed by atoms with E-state index in [4.69, 9.17) is 4.74 Å². The minimum absolute atomic E-state index is 0.445. The molecule has 2 aliphatic rings. The van der Waals surface area contributed by atoms with Crippen LogP contribution in [0, 0.1) is 11.8 Å². The molecule has 106 valence electrons. The van der Waals surface area contributed by atoms with Gasteiger partial charge in [-0.1, -0.05) is 39.5 Å². The van der Waals surface area contributed by atoms with Crippen LogP contribution in [0.1, 0.15) is 46.0 Å². The molecule has 0 amide bonds. The Balaban J connectivity index is 2.01. The molecule has 1 aliphatic heterocycles. The normalized spacial score (nSPS) is 35.3. The topological polar surface area (TPSA) is 21.3 Å². The molecule has 0 aromatic carbocycles. The Bertz CT molecular complexity index is 231. The summed E-state index contributed by atoms with van der Waals surface area (Å²) >= 11 is 2.07. The summed E-state index contributed by atoms with van der Waals surface area (Å²) in [5.74, 6) is 4.12. The molecule has 4 atom stereocenters. The third-order valence-corrected chi connectivity index (χ3v) is 5.66. The van der Waals surface area contributed by atoms with Gasteiger partial charge < -0.3 is 10.1 Å². The highest BCUT2D eigenvalue weighted by atomic mass is 32.2. The molecule has 1 N–H and O–H groups in total. The van der Waals surface area contributed by atoms with Crippen LogP contribution in [0.15, 0.2) is 0 Å². The van der Waals surface area contributed by atoms with Gasteiger partial charge in [0.25, 0.3) is 0 Å². The molecule has 2 fully saturated rings. The Morgan fingerprint density at radius 1 is 1.28 bits per heavy atom. The van der Waals surface area contributed by atoms with E-state index in [1.54, 1.807) is 0 Å². The van der Waals surface area contributed by atoms with E-state index < -0.39 is 0 Å². The lowest BCUT2D eigenvalue weighted by Gasteiger charge is -2.41. The van der Waals surface area contributed by atoms with Crippen LogP contribution in [0.4, 0.5) is 0 Å². The van der Waals surface area contributed by atoms with Crippen molar-refractivity contribution in [2.24, 2.45) is 11.8 Å². The van der Waals surface area contributed by atoms with Gasteiger partial charge in [0, 0.05) is 17.5 Å². The summed E-state index contributed by atoms with van der Waals surface area (Å²) in [6.07, 6.45) is 7.48. The highest BCUT2D eigenvalue weighted by molar-refractivity contribution is 7.99. The maximum atomic E-state index is 6.06. The molecular formula is C15H29NOS. The summed E-state index contributed by atoms with van der Waals surface area (Å²) < 4.78 is 6.06. The quantitative estimate of drug-likeness (QED) is 0.829. The smallest absolute Gasteiger partial charge is 0.0821 e.